The number of imidazole rings is 1. The van der Waals surface area contributed by atoms with Crippen molar-refractivity contribution in [1.82, 2.24) is 4.57 Å². The van der Waals surface area contributed by atoms with Crippen molar-refractivity contribution in [2.75, 3.05) is 0 Å². The zero-order chi connectivity index (χ0) is 43.2. The summed E-state index contributed by atoms with van der Waals surface area (Å²) in [5.41, 5.74) is 22.4. The first kappa shape index (κ1) is 37.7. The molecule has 7 aromatic carbocycles. The zero-order valence-electron chi connectivity index (χ0n) is 37.3. The molecule has 0 fully saturated rings. The summed E-state index contributed by atoms with van der Waals surface area (Å²) >= 11 is 0. The number of aryl methyl sites for hydroxylation is 3. The van der Waals surface area contributed by atoms with Gasteiger partial charge < -0.3 is 4.74 Å². The fourth-order valence-electron chi connectivity index (χ4n) is 10.7. The van der Waals surface area contributed by atoms with Gasteiger partial charge in [0.15, 0.2) is 23.0 Å². The van der Waals surface area contributed by atoms with E-state index in [-0.39, 0.29) is 10.8 Å². The van der Waals surface area contributed by atoms with Crippen molar-refractivity contribution in [3.8, 4) is 78.6 Å². The van der Waals surface area contributed by atoms with Crippen LogP contribution >= 0.6 is 0 Å². The Morgan fingerprint density at radius 1 is 0.524 bits per heavy atom. The van der Waals surface area contributed by atoms with Crippen molar-refractivity contribution in [2.24, 2.45) is 5.41 Å². The van der Waals surface area contributed by atoms with Crippen LogP contribution in [-0.2, 0) is 11.3 Å². The quantitative estimate of drug-likeness (QED) is 0.159. The minimum Gasteiger partial charge on any atom is -0.392 e. The van der Waals surface area contributed by atoms with Gasteiger partial charge in [-0.3, -0.25) is 0 Å². The molecule has 0 N–H and O–H groups in total. The highest BCUT2D eigenvalue weighted by molar-refractivity contribution is 5.99. The molecule has 9 aromatic rings. The van der Waals surface area contributed by atoms with Crippen LogP contribution in [0.2, 0.25) is 0 Å². The van der Waals surface area contributed by atoms with E-state index < -0.39 is 5.85 Å². The highest BCUT2D eigenvalue weighted by Crippen LogP contribution is 2.55. The van der Waals surface area contributed by atoms with Crippen LogP contribution in [0.15, 0.2) is 164 Å². The first-order valence-electron chi connectivity index (χ1n) is 22.3. The summed E-state index contributed by atoms with van der Waals surface area (Å²) in [4.78, 5) is 0. The van der Waals surface area contributed by atoms with Crippen LogP contribution in [0, 0.1) is 26.2 Å². The maximum atomic E-state index is 7.87. The Labute approximate surface area is 370 Å². The summed E-state index contributed by atoms with van der Waals surface area (Å²) in [5.74, 6) is 0.964. The topological polar surface area (TPSA) is 21.9 Å². The molecule has 5 heterocycles. The molecular formula is C59H51N3O+2. The number of nitrogens with zero attached hydrogens (tertiary/aromatic N) is 3. The average Bonchev–Trinajstić information content (AvgIpc) is 3.78. The predicted octanol–water partition coefficient (Wildman–Crippen LogP) is 13.7. The number of hydrogen-bond donors (Lipinski definition) is 0. The molecular weight excluding hydrogens is 767 g/mol. The third-order valence-corrected chi connectivity index (χ3v) is 14.8. The van der Waals surface area contributed by atoms with Gasteiger partial charge >= 0.3 is 11.7 Å². The lowest BCUT2D eigenvalue weighted by Crippen LogP contribution is -2.78. The van der Waals surface area contributed by atoms with Crippen molar-refractivity contribution in [3.63, 3.8) is 0 Å². The van der Waals surface area contributed by atoms with Gasteiger partial charge in [-0.15, -0.1) is 9.13 Å². The Bertz CT molecular complexity index is 3390. The van der Waals surface area contributed by atoms with Crippen LogP contribution in [0.1, 0.15) is 62.4 Å². The van der Waals surface area contributed by atoms with E-state index in [0.29, 0.717) is 0 Å². The number of aromatic nitrogens is 3. The number of rotatable bonds is 5. The van der Waals surface area contributed by atoms with E-state index in [2.05, 4.69) is 233 Å². The van der Waals surface area contributed by atoms with Gasteiger partial charge in [0.25, 0.3) is 0 Å². The first-order valence-corrected chi connectivity index (χ1v) is 22.3. The maximum Gasteiger partial charge on any atom is 0.499 e. The Morgan fingerprint density at radius 3 is 1.95 bits per heavy atom. The summed E-state index contributed by atoms with van der Waals surface area (Å²) in [5, 5.41) is 0. The van der Waals surface area contributed by atoms with Crippen LogP contribution in [0.25, 0.3) is 83.9 Å². The second-order valence-corrected chi connectivity index (χ2v) is 19.7. The number of hydrogen-bond acceptors (Lipinski definition) is 1. The number of fused-ring (bicyclic) bond motifs is 5. The van der Waals surface area contributed by atoms with Crippen molar-refractivity contribution in [1.29, 1.82) is 0 Å². The van der Waals surface area contributed by atoms with Gasteiger partial charge in [-0.2, -0.15) is 4.57 Å². The monoisotopic (exact) mass is 817 g/mol. The van der Waals surface area contributed by atoms with Gasteiger partial charge in [-0.25, -0.2) is 0 Å². The third kappa shape index (κ3) is 5.15. The first-order chi connectivity index (χ1) is 30.3. The van der Waals surface area contributed by atoms with Gasteiger partial charge in [0, 0.05) is 28.8 Å². The minimum absolute atomic E-state index is 0.0392. The molecule has 0 aliphatic carbocycles. The van der Waals surface area contributed by atoms with E-state index in [4.69, 9.17) is 4.74 Å². The van der Waals surface area contributed by atoms with Crippen LogP contribution in [-0.4, -0.2) is 4.57 Å². The molecule has 4 heteroatoms. The lowest BCUT2D eigenvalue weighted by molar-refractivity contribution is -0.997. The van der Waals surface area contributed by atoms with Gasteiger partial charge in [-0.1, -0.05) is 143 Å². The lowest BCUT2D eigenvalue weighted by Gasteiger charge is -2.39. The van der Waals surface area contributed by atoms with E-state index in [9.17, 15) is 0 Å². The summed E-state index contributed by atoms with van der Waals surface area (Å²) in [6.07, 6.45) is 2.28. The summed E-state index contributed by atoms with van der Waals surface area (Å²) < 4.78 is 15.4. The molecule has 306 valence electrons. The Balaban J connectivity index is 1.25. The van der Waals surface area contributed by atoms with Crippen molar-refractivity contribution in [2.45, 2.75) is 66.7 Å². The summed E-state index contributed by atoms with van der Waals surface area (Å²) in [6, 6.07) is 58.9. The summed E-state index contributed by atoms with van der Waals surface area (Å²) in [6.45, 7) is 18.4. The molecule has 12 rings (SSSR count). The molecule has 1 spiro atoms. The van der Waals surface area contributed by atoms with Gasteiger partial charge in [-0.05, 0) is 119 Å². The number of pyridine rings is 1. The van der Waals surface area contributed by atoms with Crippen LogP contribution in [0.5, 0.6) is 5.75 Å². The normalized spacial score (nSPS) is 15.5. The maximum absolute atomic E-state index is 7.87. The standard InChI is InChI=1S/C59H51N3O/c1-36-22-24-40(25-23-36)42-28-29-60-52(34-42)48-33-43(39-16-11-9-12-17-39)32-47-45-20-15-21-51-54(45)62-56(49-31-37(2)30-38(3)55(49)63-59(60,62)53(47)48)61(51)50-27-26-44(58(7,8)57(4,5)6)35-46(50)41-18-13-10-14-19-41/h9-35H,1-8H3/q+2. The number of ether oxygens (including phenoxy) is 1. The molecule has 0 amide bonds. The largest absolute Gasteiger partial charge is 0.499 e. The van der Waals surface area contributed by atoms with E-state index in [1.807, 2.05) is 0 Å². The van der Waals surface area contributed by atoms with Gasteiger partial charge in [0.1, 0.15) is 16.8 Å². The SMILES string of the molecule is Cc1ccc(-c2cc[n+]3c(c2)-c2cc(-c4ccccc4)cc4c2C32Oc3c(C)cc(C)cc3-c3n(-c5ccc(C(C)(C)C(C)(C)C)cc5-c5ccccc5)c5cccc-4c5[n+]32)cc1. The van der Waals surface area contributed by atoms with Gasteiger partial charge in [0.2, 0.25) is 5.69 Å². The van der Waals surface area contributed by atoms with Crippen LogP contribution < -0.4 is 13.9 Å². The molecule has 0 bridgehead atoms. The number of benzene rings is 7. The van der Waals surface area contributed by atoms with E-state index in [1.165, 1.54) is 72.3 Å². The number of para-hydroxylation sites is 1. The smallest absolute Gasteiger partial charge is 0.392 e. The molecule has 0 radical (unpaired) electrons. The third-order valence-electron chi connectivity index (χ3n) is 14.8. The van der Waals surface area contributed by atoms with E-state index >= 15 is 0 Å². The lowest BCUT2D eigenvalue weighted by atomic mass is 9.65. The molecule has 4 nitrogen and oxygen atoms in total. The van der Waals surface area contributed by atoms with Crippen LogP contribution in [0.4, 0.5) is 0 Å². The highest BCUT2D eigenvalue weighted by Gasteiger charge is 2.68. The van der Waals surface area contributed by atoms with Crippen molar-refractivity contribution < 1.29 is 13.9 Å². The van der Waals surface area contributed by atoms with E-state index in [0.717, 1.165) is 45.1 Å². The Kier molecular flexibility index (Phi) is 7.78. The molecule has 63 heavy (non-hydrogen) atoms. The van der Waals surface area contributed by atoms with Crippen molar-refractivity contribution >= 4 is 11.0 Å². The molecule has 0 saturated carbocycles. The molecule has 3 aliphatic heterocycles. The summed E-state index contributed by atoms with van der Waals surface area (Å²) in [7, 11) is 0. The molecule has 1 atom stereocenters. The zero-order valence-corrected chi connectivity index (χ0v) is 37.3. The fourth-order valence-corrected chi connectivity index (χ4v) is 10.7. The minimum atomic E-state index is -1.05. The fraction of sp³-hybridized carbons (Fsp3) is 0.186. The predicted molar refractivity (Wildman–Crippen MR) is 256 cm³/mol. The van der Waals surface area contributed by atoms with Crippen molar-refractivity contribution in [3.05, 3.63) is 192 Å². The highest BCUT2D eigenvalue weighted by atomic mass is 16.5. The Morgan fingerprint density at radius 2 is 1.22 bits per heavy atom. The second kappa shape index (κ2) is 13.0. The van der Waals surface area contributed by atoms with Crippen LogP contribution in [0.3, 0.4) is 0 Å². The van der Waals surface area contributed by atoms with E-state index in [1.54, 1.807) is 0 Å². The molecule has 0 saturated heterocycles. The Hall–Kier alpha value is -7.04. The molecule has 2 aromatic heterocycles. The van der Waals surface area contributed by atoms with Gasteiger partial charge in [0.05, 0.1) is 5.56 Å². The molecule has 3 aliphatic rings. The second-order valence-electron chi connectivity index (χ2n) is 19.7. The average molecular weight is 818 g/mol. The molecule has 1 unspecified atom stereocenters.